The van der Waals surface area contributed by atoms with Crippen molar-refractivity contribution in [2.75, 3.05) is 6.67 Å². The lowest BCUT2D eigenvalue weighted by Gasteiger charge is -2.18. The summed E-state index contributed by atoms with van der Waals surface area (Å²) in [7, 11) is 0. The van der Waals surface area contributed by atoms with Crippen LogP contribution < -0.4 is 0 Å². The number of aromatic carboxylic acids is 1. The number of carbonyl (C=O) groups is 1. The molecule has 4 nitrogen and oxygen atoms in total. The maximum absolute atomic E-state index is 12.6. The largest absolute Gasteiger partial charge is 0.476 e. The SMILES string of the molecule is CC(C)(CF)c1[nH]nc(C(=O)O)c1Cl. The number of halogens is 2. The first kappa shape index (κ1) is 11.0. The van der Waals surface area contributed by atoms with Crippen LogP contribution in [0.2, 0.25) is 5.02 Å². The monoisotopic (exact) mass is 220 g/mol. The van der Waals surface area contributed by atoms with Crippen molar-refractivity contribution in [2.24, 2.45) is 0 Å². The molecular weight excluding hydrogens is 211 g/mol. The van der Waals surface area contributed by atoms with Crippen molar-refractivity contribution in [3.8, 4) is 0 Å². The molecule has 0 fully saturated rings. The van der Waals surface area contributed by atoms with Crippen LogP contribution in [0.5, 0.6) is 0 Å². The number of aromatic nitrogens is 2. The molecule has 6 heteroatoms. The molecule has 78 valence electrons. The molecule has 2 N–H and O–H groups in total. The predicted molar refractivity (Wildman–Crippen MR) is 49.6 cm³/mol. The molecule has 0 aliphatic rings. The van der Waals surface area contributed by atoms with Crippen LogP contribution in [0.25, 0.3) is 0 Å². The smallest absolute Gasteiger partial charge is 0.357 e. The predicted octanol–water partition coefficient (Wildman–Crippen LogP) is 2.01. The van der Waals surface area contributed by atoms with Crippen molar-refractivity contribution < 1.29 is 14.3 Å². The summed E-state index contributed by atoms with van der Waals surface area (Å²) in [6, 6.07) is 0. The van der Waals surface area contributed by atoms with Crippen molar-refractivity contribution in [3.05, 3.63) is 16.4 Å². The number of rotatable bonds is 3. The zero-order valence-corrected chi connectivity index (χ0v) is 8.52. The molecule has 0 bridgehead atoms. The molecule has 0 aromatic carbocycles. The van der Waals surface area contributed by atoms with Crippen molar-refractivity contribution in [2.45, 2.75) is 19.3 Å². The number of hydrogen-bond donors (Lipinski definition) is 2. The lowest BCUT2D eigenvalue weighted by atomic mass is 9.91. The molecule has 1 aromatic rings. The molecule has 0 saturated carbocycles. The Morgan fingerprint density at radius 2 is 2.29 bits per heavy atom. The highest BCUT2D eigenvalue weighted by Gasteiger charge is 2.29. The van der Waals surface area contributed by atoms with Gasteiger partial charge < -0.3 is 5.11 Å². The lowest BCUT2D eigenvalue weighted by molar-refractivity contribution is 0.0690. The van der Waals surface area contributed by atoms with Gasteiger partial charge in [0.15, 0.2) is 5.69 Å². The minimum absolute atomic E-state index is 0.0276. The van der Waals surface area contributed by atoms with Gasteiger partial charge in [0.1, 0.15) is 6.67 Å². The van der Waals surface area contributed by atoms with Gasteiger partial charge in [-0.2, -0.15) is 5.10 Å². The summed E-state index contributed by atoms with van der Waals surface area (Å²) >= 11 is 5.74. The zero-order valence-electron chi connectivity index (χ0n) is 7.77. The zero-order chi connectivity index (χ0) is 10.9. The van der Waals surface area contributed by atoms with Gasteiger partial charge in [0.2, 0.25) is 0 Å². The van der Waals surface area contributed by atoms with Crippen LogP contribution in [0.15, 0.2) is 0 Å². The van der Waals surface area contributed by atoms with Crippen LogP contribution in [0.4, 0.5) is 4.39 Å². The second kappa shape index (κ2) is 3.57. The summed E-state index contributed by atoms with van der Waals surface area (Å²) in [5.41, 5.74) is -0.820. The van der Waals surface area contributed by atoms with Crippen molar-refractivity contribution >= 4 is 17.6 Å². The molecule has 0 spiro atoms. The van der Waals surface area contributed by atoms with E-state index in [-0.39, 0.29) is 10.7 Å². The third-order valence-corrected chi connectivity index (χ3v) is 2.29. The standard InChI is InChI=1S/C8H10ClFN2O2/c1-8(2,3-10)6-4(9)5(7(13)14)11-12-6/h3H2,1-2H3,(H,11,12)(H,13,14). The first-order chi connectivity index (χ1) is 6.40. The Morgan fingerprint density at radius 3 is 2.64 bits per heavy atom. The number of nitrogens with one attached hydrogen (secondary N) is 1. The number of hydrogen-bond acceptors (Lipinski definition) is 2. The quantitative estimate of drug-likeness (QED) is 0.819. The van der Waals surface area contributed by atoms with Gasteiger partial charge in [0.25, 0.3) is 0 Å². The summed E-state index contributed by atoms with van der Waals surface area (Å²) in [5.74, 6) is -1.23. The first-order valence-corrected chi connectivity index (χ1v) is 4.31. The number of H-pyrrole nitrogens is 1. The molecule has 1 rings (SSSR count). The van der Waals surface area contributed by atoms with E-state index in [1.165, 1.54) is 0 Å². The van der Waals surface area contributed by atoms with Gasteiger partial charge in [-0.3, -0.25) is 9.49 Å². The highest BCUT2D eigenvalue weighted by atomic mass is 35.5. The Bertz CT molecular complexity index is 362. The van der Waals surface area contributed by atoms with Crippen molar-refractivity contribution in [1.82, 2.24) is 10.2 Å². The molecule has 0 aliphatic carbocycles. The van der Waals surface area contributed by atoms with Gasteiger partial charge in [-0.05, 0) is 0 Å². The lowest BCUT2D eigenvalue weighted by Crippen LogP contribution is -2.20. The third kappa shape index (κ3) is 1.72. The molecule has 0 aliphatic heterocycles. The maximum Gasteiger partial charge on any atom is 0.357 e. The van der Waals surface area contributed by atoms with Gasteiger partial charge in [-0.15, -0.1) is 0 Å². The average molecular weight is 221 g/mol. The first-order valence-electron chi connectivity index (χ1n) is 3.93. The van der Waals surface area contributed by atoms with Crippen molar-refractivity contribution in [1.29, 1.82) is 0 Å². The maximum atomic E-state index is 12.6. The molecule has 0 amide bonds. The van der Waals surface area contributed by atoms with Crippen molar-refractivity contribution in [3.63, 3.8) is 0 Å². The highest BCUT2D eigenvalue weighted by Crippen LogP contribution is 2.30. The number of aromatic amines is 1. The van der Waals surface area contributed by atoms with E-state index in [1.807, 2.05) is 0 Å². The number of alkyl halides is 1. The summed E-state index contributed by atoms with van der Waals surface area (Å²) in [6.45, 7) is 2.57. The molecule has 0 atom stereocenters. The van der Waals surface area contributed by atoms with E-state index in [1.54, 1.807) is 13.8 Å². The Labute approximate surface area is 85.1 Å². The molecule has 1 aromatic heterocycles. The number of nitrogens with zero attached hydrogens (tertiary/aromatic N) is 1. The van der Waals surface area contributed by atoms with Gasteiger partial charge in [0.05, 0.1) is 10.7 Å². The molecule has 14 heavy (non-hydrogen) atoms. The van der Waals surface area contributed by atoms with E-state index in [2.05, 4.69) is 10.2 Å². The fourth-order valence-electron chi connectivity index (χ4n) is 0.985. The fourth-order valence-corrected chi connectivity index (χ4v) is 1.41. The molecule has 0 unspecified atom stereocenters. The minimum atomic E-state index is -1.23. The summed E-state index contributed by atoms with van der Waals surface area (Å²) in [5, 5.41) is 14.6. The van der Waals surface area contributed by atoms with E-state index >= 15 is 0 Å². The minimum Gasteiger partial charge on any atom is -0.476 e. The fraction of sp³-hybridized carbons (Fsp3) is 0.500. The van der Waals surface area contributed by atoms with Gasteiger partial charge in [-0.1, -0.05) is 25.4 Å². The van der Waals surface area contributed by atoms with E-state index in [0.717, 1.165) is 0 Å². The van der Waals surface area contributed by atoms with Crippen LogP contribution in [-0.2, 0) is 5.41 Å². The number of carboxylic acid groups (broad SMARTS) is 1. The molecular formula is C8H10ClFN2O2. The highest BCUT2D eigenvalue weighted by molar-refractivity contribution is 6.34. The van der Waals surface area contributed by atoms with Crippen LogP contribution in [0, 0.1) is 0 Å². The van der Waals surface area contributed by atoms with Gasteiger partial charge in [0, 0.05) is 5.41 Å². The van der Waals surface area contributed by atoms with E-state index in [9.17, 15) is 9.18 Å². The summed E-state index contributed by atoms with van der Waals surface area (Å²) < 4.78 is 12.6. The number of carboxylic acids is 1. The second-order valence-electron chi connectivity index (χ2n) is 3.58. The second-order valence-corrected chi connectivity index (χ2v) is 3.96. The topological polar surface area (TPSA) is 66.0 Å². The Hall–Kier alpha value is -1.10. The summed E-state index contributed by atoms with van der Waals surface area (Å²) in [6.07, 6.45) is 0. The van der Waals surface area contributed by atoms with E-state index in [0.29, 0.717) is 5.69 Å². The van der Waals surface area contributed by atoms with Crippen LogP contribution in [-0.4, -0.2) is 27.9 Å². The van der Waals surface area contributed by atoms with Crippen LogP contribution in [0.1, 0.15) is 30.0 Å². The van der Waals surface area contributed by atoms with Crippen LogP contribution in [0.3, 0.4) is 0 Å². The Kier molecular flexibility index (Phi) is 2.80. The Balaban J connectivity index is 3.19. The van der Waals surface area contributed by atoms with E-state index < -0.39 is 18.1 Å². The third-order valence-electron chi connectivity index (χ3n) is 1.92. The van der Waals surface area contributed by atoms with Gasteiger partial charge in [-0.25, -0.2) is 4.79 Å². The molecule has 1 heterocycles. The summed E-state index contributed by atoms with van der Waals surface area (Å²) in [4.78, 5) is 10.6. The van der Waals surface area contributed by atoms with Gasteiger partial charge >= 0.3 is 5.97 Å². The average Bonchev–Trinajstić information content (AvgIpc) is 2.47. The van der Waals surface area contributed by atoms with Crippen LogP contribution >= 0.6 is 11.6 Å². The molecule has 0 saturated heterocycles. The normalized spacial score (nSPS) is 11.7. The van der Waals surface area contributed by atoms with E-state index in [4.69, 9.17) is 16.7 Å². The molecule has 0 radical (unpaired) electrons. The Morgan fingerprint density at radius 1 is 1.71 bits per heavy atom.